The van der Waals surface area contributed by atoms with Crippen LogP contribution in [0, 0.1) is 6.92 Å². The number of thioether (sulfide) groups is 1. The number of anilines is 1. The van der Waals surface area contributed by atoms with Crippen molar-refractivity contribution in [2.45, 2.75) is 18.6 Å². The minimum Gasteiger partial charge on any atom is -0.497 e. The van der Waals surface area contributed by atoms with Crippen LogP contribution in [0.4, 0.5) is 11.4 Å². The van der Waals surface area contributed by atoms with Crippen LogP contribution in [0.25, 0.3) is 0 Å². The van der Waals surface area contributed by atoms with Gasteiger partial charge in [-0.3, -0.25) is 14.5 Å². The highest BCUT2D eigenvalue weighted by Gasteiger charge is 2.38. The summed E-state index contributed by atoms with van der Waals surface area (Å²) in [6.45, 7) is 6.08. The Bertz CT molecular complexity index is 941. The lowest BCUT2D eigenvalue weighted by molar-refractivity contribution is -0.127. The van der Waals surface area contributed by atoms with Gasteiger partial charge in [0.2, 0.25) is 11.8 Å². The molecule has 3 rings (SSSR count). The van der Waals surface area contributed by atoms with Gasteiger partial charge in [-0.25, -0.2) is 4.99 Å². The van der Waals surface area contributed by atoms with Crippen LogP contribution in [0.15, 0.2) is 66.2 Å². The molecule has 1 aliphatic rings. The predicted octanol–water partition coefficient (Wildman–Crippen LogP) is 4.15. The van der Waals surface area contributed by atoms with Crippen molar-refractivity contribution in [2.75, 3.05) is 19.0 Å². The van der Waals surface area contributed by atoms with Crippen LogP contribution >= 0.6 is 11.8 Å². The van der Waals surface area contributed by atoms with Gasteiger partial charge < -0.3 is 10.1 Å². The van der Waals surface area contributed by atoms with Crippen LogP contribution in [0.5, 0.6) is 5.75 Å². The summed E-state index contributed by atoms with van der Waals surface area (Å²) in [5.74, 6) is 0.277. The highest BCUT2D eigenvalue weighted by Crippen LogP contribution is 2.32. The zero-order valence-electron chi connectivity index (χ0n) is 16.4. The van der Waals surface area contributed by atoms with Crippen LogP contribution in [0.2, 0.25) is 0 Å². The molecule has 0 radical (unpaired) electrons. The summed E-state index contributed by atoms with van der Waals surface area (Å²) in [5, 5.41) is 2.88. The number of benzene rings is 2. The van der Waals surface area contributed by atoms with Gasteiger partial charge in [0.1, 0.15) is 11.0 Å². The number of aliphatic imine (C=N–C) groups is 1. The lowest BCUT2D eigenvalue weighted by Crippen LogP contribution is -2.33. The SMILES string of the molecule is C=CCN1C(=O)[C@@H](CC(=O)Nc2cccc(OC)c2)SC1=Nc1ccc(C)cc1. The summed E-state index contributed by atoms with van der Waals surface area (Å²) in [5.41, 5.74) is 2.53. The molecule has 1 fully saturated rings. The number of hydrogen-bond donors (Lipinski definition) is 1. The molecule has 2 aromatic carbocycles. The lowest BCUT2D eigenvalue weighted by atomic mass is 10.2. The Morgan fingerprint density at radius 2 is 2.07 bits per heavy atom. The highest BCUT2D eigenvalue weighted by molar-refractivity contribution is 8.15. The average molecular weight is 410 g/mol. The topological polar surface area (TPSA) is 71.0 Å². The molecular weight excluding hydrogens is 386 g/mol. The number of methoxy groups -OCH3 is 1. The minimum atomic E-state index is -0.523. The van der Waals surface area contributed by atoms with E-state index in [-0.39, 0.29) is 18.2 Å². The third kappa shape index (κ3) is 5.26. The van der Waals surface area contributed by atoms with Gasteiger partial charge >= 0.3 is 0 Å². The lowest BCUT2D eigenvalue weighted by Gasteiger charge is -2.14. The van der Waals surface area contributed by atoms with E-state index >= 15 is 0 Å². The van der Waals surface area contributed by atoms with Gasteiger partial charge in [-0.15, -0.1) is 6.58 Å². The van der Waals surface area contributed by atoms with E-state index in [0.29, 0.717) is 23.1 Å². The van der Waals surface area contributed by atoms with Crippen LogP contribution in [0.1, 0.15) is 12.0 Å². The number of carbonyl (C=O) groups is 2. The monoisotopic (exact) mass is 409 g/mol. The molecule has 1 atom stereocenters. The maximum Gasteiger partial charge on any atom is 0.242 e. The molecule has 0 unspecified atom stereocenters. The fourth-order valence-corrected chi connectivity index (χ4v) is 4.00. The third-order valence-corrected chi connectivity index (χ3v) is 5.49. The van der Waals surface area contributed by atoms with Gasteiger partial charge in [0.15, 0.2) is 5.17 Å². The quantitative estimate of drug-likeness (QED) is 0.698. The van der Waals surface area contributed by atoms with Crippen molar-refractivity contribution in [1.82, 2.24) is 4.90 Å². The van der Waals surface area contributed by atoms with Crippen LogP contribution in [-0.4, -0.2) is 40.8 Å². The molecule has 2 amide bonds. The Hall–Kier alpha value is -3.06. The first-order chi connectivity index (χ1) is 14.0. The minimum absolute atomic E-state index is 0.0568. The van der Waals surface area contributed by atoms with Crippen LogP contribution in [0.3, 0.4) is 0 Å². The molecule has 7 heteroatoms. The molecule has 0 aromatic heterocycles. The van der Waals surface area contributed by atoms with E-state index in [1.165, 1.54) is 11.8 Å². The third-order valence-electron chi connectivity index (χ3n) is 4.31. The molecule has 1 N–H and O–H groups in total. The number of rotatable bonds is 7. The van der Waals surface area contributed by atoms with E-state index in [9.17, 15) is 9.59 Å². The predicted molar refractivity (Wildman–Crippen MR) is 118 cm³/mol. The molecule has 0 saturated carbocycles. The molecule has 6 nitrogen and oxygen atoms in total. The number of nitrogens with zero attached hydrogens (tertiary/aromatic N) is 2. The molecule has 0 bridgehead atoms. The number of aryl methyl sites for hydroxylation is 1. The summed E-state index contributed by atoms with van der Waals surface area (Å²) in [6, 6.07) is 14.9. The largest absolute Gasteiger partial charge is 0.497 e. The van der Waals surface area contributed by atoms with Gasteiger partial charge in [-0.2, -0.15) is 0 Å². The Kier molecular flexibility index (Phi) is 6.72. The fraction of sp³-hybridized carbons (Fsp3) is 0.227. The van der Waals surface area contributed by atoms with E-state index in [1.54, 1.807) is 42.4 Å². The zero-order valence-corrected chi connectivity index (χ0v) is 17.2. The van der Waals surface area contributed by atoms with Gasteiger partial charge in [0.05, 0.1) is 12.8 Å². The number of amidine groups is 1. The summed E-state index contributed by atoms with van der Waals surface area (Å²) in [4.78, 5) is 31.5. The molecular formula is C22H23N3O3S. The summed E-state index contributed by atoms with van der Waals surface area (Å²) in [7, 11) is 1.57. The van der Waals surface area contributed by atoms with Crippen LogP contribution < -0.4 is 10.1 Å². The average Bonchev–Trinajstić information content (AvgIpc) is 2.99. The van der Waals surface area contributed by atoms with Crippen molar-refractivity contribution >= 4 is 40.1 Å². The van der Waals surface area contributed by atoms with Gasteiger partial charge in [0.25, 0.3) is 0 Å². The first-order valence-electron chi connectivity index (χ1n) is 9.18. The molecule has 2 aromatic rings. The van der Waals surface area contributed by atoms with Crippen molar-refractivity contribution in [3.8, 4) is 5.75 Å². The second-order valence-corrected chi connectivity index (χ2v) is 7.73. The molecule has 1 saturated heterocycles. The molecule has 0 aliphatic carbocycles. The van der Waals surface area contributed by atoms with Crippen molar-refractivity contribution in [1.29, 1.82) is 0 Å². The fourth-order valence-electron chi connectivity index (χ4n) is 2.83. The molecule has 150 valence electrons. The molecule has 29 heavy (non-hydrogen) atoms. The number of amides is 2. The Morgan fingerprint density at radius 3 is 2.76 bits per heavy atom. The van der Waals surface area contributed by atoms with Crippen molar-refractivity contribution < 1.29 is 14.3 Å². The Morgan fingerprint density at radius 1 is 1.31 bits per heavy atom. The van der Waals surface area contributed by atoms with Gasteiger partial charge in [-0.1, -0.05) is 41.6 Å². The molecule has 1 aliphatic heterocycles. The normalized spacial score (nSPS) is 17.4. The molecule has 0 spiro atoms. The Labute approximate surface area is 174 Å². The number of nitrogens with one attached hydrogen (secondary N) is 1. The van der Waals surface area contributed by atoms with Crippen molar-refractivity contribution in [3.05, 3.63) is 66.7 Å². The van der Waals surface area contributed by atoms with E-state index in [1.807, 2.05) is 31.2 Å². The second kappa shape index (κ2) is 9.43. The van der Waals surface area contributed by atoms with E-state index in [0.717, 1.165) is 11.3 Å². The van der Waals surface area contributed by atoms with Crippen molar-refractivity contribution in [2.24, 2.45) is 4.99 Å². The van der Waals surface area contributed by atoms with Gasteiger partial charge in [-0.05, 0) is 31.2 Å². The number of ether oxygens (including phenoxy) is 1. The first-order valence-corrected chi connectivity index (χ1v) is 10.1. The van der Waals surface area contributed by atoms with Crippen molar-refractivity contribution in [3.63, 3.8) is 0 Å². The number of hydrogen-bond acceptors (Lipinski definition) is 5. The summed E-state index contributed by atoms with van der Waals surface area (Å²) >= 11 is 1.31. The maximum atomic E-state index is 12.8. The summed E-state index contributed by atoms with van der Waals surface area (Å²) < 4.78 is 5.16. The smallest absolute Gasteiger partial charge is 0.242 e. The summed E-state index contributed by atoms with van der Waals surface area (Å²) in [6.07, 6.45) is 1.71. The van der Waals surface area contributed by atoms with E-state index < -0.39 is 5.25 Å². The van der Waals surface area contributed by atoms with E-state index in [2.05, 4.69) is 16.9 Å². The zero-order chi connectivity index (χ0) is 20.8. The van der Waals surface area contributed by atoms with Gasteiger partial charge in [0, 0.05) is 24.7 Å². The number of carbonyl (C=O) groups excluding carboxylic acids is 2. The molecule has 1 heterocycles. The highest BCUT2D eigenvalue weighted by atomic mass is 32.2. The Balaban J connectivity index is 1.72. The van der Waals surface area contributed by atoms with E-state index in [4.69, 9.17) is 4.74 Å². The first kappa shape index (κ1) is 20.7. The standard InChI is InChI=1S/C22H23N3O3S/c1-4-12-25-21(27)19(29-22(25)24-16-10-8-15(2)9-11-16)14-20(26)23-17-6-5-7-18(13-17)28-3/h4-11,13,19H,1,12,14H2,2-3H3,(H,23,26)/t19-/m1/s1. The van der Waals surface area contributed by atoms with Crippen LogP contribution in [-0.2, 0) is 9.59 Å². The second-order valence-electron chi connectivity index (χ2n) is 6.56. The maximum absolute atomic E-state index is 12.8.